The summed E-state index contributed by atoms with van der Waals surface area (Å²) in [5, 5.41) is 16.4. The molecule has 0 saturated heterocycles. The molecule has 24 heavy (non-hydrogen) atoms. The van der Waals surface area contributed by atoms with Crippen LogP contribution in [0.15, 0.2) is 4.99 Å². The van der Waals surface area contributed by atoms with Gasteiger partial charge in [-0.3, -0.25) is 0 Å². The SMILES string of the molecule is CCNC(=NCc1nnc2n1CCCC2)NCc1sc(C)nc1C. The van der Waals surface area contributed by atoms with Crippen molar-refractivity contribution in [3.63, 3.8) is 0 Å². The van der Waals surface area contributed by atoms with Crippen LogP contribution in [0.4, 0.5) is 0 Å². The molecule has 0 aromatic carbocycles. The van der Waals surface area contributed by atoms with Crippen LogP contribution >= 0.6 is 11.3 Å². The number of aryl methyl sites for hydroxylation is 3. The van der Waals surface area contributed by atoms with Crippen molar-refractivity contribution in [2.45, 2.75) is 59.7 Å². The summed E-state index contributed by atoms with van der Waals surface area (Å²) in [5.74, 6) is 2.85. The van der Waals surface area contributed by atoms with Gasteiger partial charge < -0.3 is 15.2 Å². The molecular weight excluding hydrogens is 322 g/mol. The van der Waals surface area contributed by atoms with Crippen molar-refractivity contribution < 1.29 is 0 Å². The number of guanidine groups is 1. The van der Waals surface area contributed by atoms with E-state index in [1.54, 1.807) is 11.3 Å². The van der Waals surface area contributed by atoms with Crippen LogP contribution in [0.25, 0.3) is 0 Å². The molecule has 2 aromatic rings. The van der Waals surface area contributed by atoms with Crippen molar-refractivity contribution in [1.29, 1.82) is 0 Å². The van der Waals surface area contributed by atoms with Gasteiger partial charge in [0.2, 0.25) is 0 Å². The summed E-state index contributed by atoms with van der Waals surface area (Å²) < 4.78 is 2.22. The largest absolute Gasteiger partial charge is 0.357 e. The molecule has 0 atom stereocenters. The molecule has 1 aliphatic rings. The summed E-state index contributed by atoms with van der Waals surface area (Å²) in [5.41, 5.74) is 1.09. The molecule has 3 rings (SSSR count). The van der Waals surface area contributed by atoms with Gasteiger partial charge in [-0.15, -0.1) is 21.5 Å². The minimum absolute atomic E-state index is 0.545. The molecule has 0 spiro atoms. The molecule has 0 radical (unpaired) electrons. The van der Waals surface area contributed by atoms with Gasteiger partial charge in [0, 0.05) is 24.4 Å². The van der Waals surface area contributed by atoms with E-state index in [-0.39, 0.29) is 0 Å². The second-order valence-corrected chi connectivity index (χ2v) is 7.22. The first kappa shape index (κ1) is 16.9. The van der Waals surface area contributed by atoms with Crippen molar-refractivity contribution in [3.05, 3.63) is 27.2 Å². The summed E-state index contributed by atoms with van der Waals surface area (Å²) >= 11 is 1.73. The lowest BCUT2D eigenvalue weighted by molar-refractivity contribution is 0.508. The quantitative estimate of drug-likeness (QED) is 0.638. The molecule has 7 nitrogen and oxygen atoms in total. The Hall–Kier alpha value is -1.96. The molecule has 3 heterocycles. The first-order valence-electron chi connectivity index (χ1n) is 8.53. The fraction of sp³-hybridized carbons (Fsp3) is 0.625. The van der Waals surface area contributed by atoms with E-state index in [2.05, 4.69) is 42.3 Å². The highest BCUT2D eigenvalue weighted by Crippen LogP contribution is 2.17. The average molecular weight is 347 g/mol. The molecule has 1 aliphatic heterocycles. The second kappa shape index (κ2) is 7.74. The Labute approximate surface area is 146 Å². The van der Waals surface area contributed by atoms with E-state index in [0.29, 0.717) is 6.54 Å². The molecule has 0 fully saturated rings. The van der Waals surface area contributed by atoms with Gasteiger partial charge in [-0.25, -0.2) is 9.98 Å². The Morgan fingerprint density at radius 3 is 2.88 bits per heavy atom. The zero-order chi connectivity index (χ0) is 16.9. The molecule has 0 unspecified atom stereocenters. The third-order valence-electron chi connectivity index (χ3n) is 4.07. The summed E-state index contributed by atoms with van der Waals surface area (Å²) in [4.78, 5) is 10.4. The molecule has 0 saturated carbocycles. The van der Waals surface area contributed by atoms with Crippen LogP contribution in [-0.4, -0.2) is 32.3 Å². The Bertz CT molecular complexity index is 716. The van der Waals surface area contributed by atoms with E-state index in [1.807, 2.05) is 13.8 Å². The first-order valence-corrected chi connectivity index (χ1v) is 9.35. The number of hydrogen-bond acceptors (Lipinski definition) is 5. The predicted octanol–water partition coefficient (Wildman–Crippen LogP) is 1.94. The fourth-order valence-corrected chi connectivity index (χ4v) is 3.76. The van der Waals surface area contributed by atoms with E-state index in [1.165, 1.54) is 17.7 Å². The number of thiazole rings is 1. The molecule has 130 valence electrons. The lowest BCUT2D eigenvalue weighted by atomic mass is 10.2. The number of nitrogens with one attached hydrogen (secondary N) is 2. The van der Waals surface area contributed by atoms with Gasteiger partial charge in [-0.05, 0) is 33.6 Å². The van der Waals surface area contributed by atoms with Crippen LogP contribution in [0.2, 0.25) is 0 Å². The smallest absolute Gasteiger partial charge is 0.191 e. The maximum Gasteiger partial charge on any atom is 0.191 e. The highest BCUT2D eigenvalue weighted by molar-refractivity contribution is 7.11. The Kier molecular flexibility index (Phi) is 5.44. The third kappa shape index (κ3) is 3.92. The lowest BCUT2D eigenvalue weighted by Crippen LogP contribution is -2.36. The topological polar surface area (TPSA) is 80.0 Å². The molecule has 2 N–H and O–H groups in total. The summed E-state index contributed by atoms with van der Waals surface area (Å²) in [7, 11) is 0. The Morgan fingerprint density at radius 2 is 2.12 bits per heavy atom. The maximum absolute atomic E-state index is 4.67. The number of fused-ring (bicyclic) bond motifs is 1. The van der Waals surface area contributed by atoms with Crippen molar-refractivity contribution in [2.24, 2.45) is 4.99 Å². The minimum Gasteiger partial charge on any atom is -0.357 e. The summed E-state index contributed by atoms with van der Waals surface area (Å²) in [6.45, 7) is 9.27. The van der Waals surface area contributed by atoms with Crippen LogP contribution < -0.4 is 10.6 Å². The van der Waals surface area contributed by atoms with Crippen LogP contribution in [0.5, 0.6) is 0 Å². The Morgan fingerprint density at radius 1 is 1.25 bits per heavy atom. The summed E-state index contributed by atoms with van der Waals surface area (Å²) in [6.07, 6.45) is 3.43. The van der Waals surface area contributed by atoms with E-state index in [0.717, 1.165) is 54.4 Å². The second-order valence-electron chi connectivity index (χ2n) is 5.93. The van der Waals surface area contributed by atoms with Crippen LogP contribution in [0, 0.1) is 13.8 Å². The third-order valence-corrected chi connectivity index (χ3v) is 5.15. The normalized spacial score (nSPS) is 14.5. The molecular formula is C16H25N7S. The van der Waals surface area contributed by atoms with Gasteiger partial charge in [-0.2, -0.15) is 0 Å². The van der Waals surface area contributed by atoms with Crippen molar-refractivity contribution >= 4 is 17.3 Å². The number of hydrogen-bond donors (Lipinski definition) is 2. The van der Waals surface area contributed by atoms with Crippen molar-refractivity contribution in [3.8, 4) is 0 Å². The van der Waals surface area contributed by atoms with Gasteiger partial charge in [0.1, 0.15) is 12.4 Å². The van der Waals surface area contributed by atoms with Crippen LogP contribution in [-0.2, 0) is 26.1 Å². The Balaban J connectivity index is 1.65. The van der Waals surface area contributed by atoms with Crippen LogP contribution in [0.1, 0.15) is 47.0 Å². The van der Waals surface area contributed by atoms with Crippen molar-refractivity contribution in [2.75, 3.05) is 6.54 Å². The first-order chi connectivity index (χ1) is 11.7. The van der Waals surface area contributed by atoms with Gasteiger partial charge in [-0.1, -0.05) is 0 Å². The monoisotopic (exact) mass is 347 g/mol. The highest BCUT2D eigenvalue weighted by Gasteiger charge is 2.15. The van der Waals surface area contributed by atoms with Gasteiger partial charge >= 0.3 is 0 Å². The van der Waals surface area contributed by atoms with E-state index in [4.69, 9.17) is 0 Å². The molecule has 0 amide bonds. The average Bonchev–Trinajstić information content (AvgIpc) is 3.13. The number of aromatic nitrogens is 4. The zero-order valence-corrected chi connectivity index (χ0v) is 15.4. The zero-order valence-electron chi connectivity index (χ0n) is 14.6. The fourth-order valence-electron chi connectivity index (χ4n) is 2.88. The lowest BCUT2D eigenvalue weighted by Gasteiger charge is -2.14. The van der Waals surface area contributed by atoms with Crippen molar-refractivity contribution in [1.82, 2.24) is 30.4 Å². The van der Waals surface area contributed by atoms with E-state index >= 15 is 0 Å². The highest BCUT2D eigenvalue weighted by atomic mass is 32.1. The molecule has 0 aliphatic carbocycles. The van der Waals surface area contributed by atoms with Crippen LogP contribution in [0.3, 0.4) is 0 Å². The maximum atomic E-state index is 4.67. The van der Waals surface area contributed by atoms with E-state index < -0.39 is 0 Å². The molecule has 2 aromatic heterocycles. The molecule has 0 bridgehead atoms. The van der Waals surface area contributed by atoms with Gasteiger partial charge in [0.05, 0.1) is 17.2 Å². The number of rotatable bonds is 5. The van der Waals surface area contributed by atoms with Gasteiger partial charge in [0.15, 0.2) is 11.8 Å². The predicted molar refractivity (Wildman–Crippen MR) is 96.2 cm³/mol. The van der Waals surface area contributed by atoms with Gasteiger partial charge in [0.25, 0.3) is 0 Å². The minimum atomic E-state index is 0.545. The molecule has 8 heteroatoms. The number of aliphatic imine (C=N–C) groups is 1. The standard InChI is InChI=1S/C16H25N7S/c1-4-17-16(18-9-13-11(2)20-12(3)24-13)19-10-15-22-21-14-7-5-6-8-23(14)15/h4-10H2,1-3H3,(H2,17,18,19). The number of nitrogens with zero attached hydrogens (tertiary/aromatic N) is 5. The van der Waals surface area contributed by atoms with E-state index in [9.17, 15) is 0 Å². The summed E-state index contributed by atoms with van der Waals surface area (Å²) in [6, 6.07) is 0.